The number of hydrogen-bond donors (Lipinski definition) is 1. The summed E-state index contributed by atoms with van der Waals surface area (Å²) in [4.78, 5) is 0. The van der Waals surface area contributed by atoms with Gasteiger partial charge in [-0.25, -0.2) is 0 Å². The highest BCUT2D eigenvalue weighted by molar-refractivity contribution is 9.10. The third-order valence-corrected chi connectivity index (χ3v) is 4.57. The zero-order valence-electron chi connectivity index (χ0n) is 12.8. The monoisotopic (exact) mass is 325 g/mol. The minimum Gasteiger partial charge on any atom is -0.313 e. The molecule has 0 aromatic heterocycles. The molecule has 0 aliphatic carbocycles. The molecule has 19 heavy (non-hydrogen) atoms. The SMILES string of the molecule is CCCCC(CC)CC(NC)c1cc(Br)ccc1C. The summed E-state index contributed by atoms with van der Waals surface area (Å²) in [5.41, 5.74) is 2.82. The van der Waals surface area contributed by atoms with Crippen molar-refractivity contribution >= 4 is 15.9 Å². The van der Waals surface area contributed by atoms with Crippen LogP contribution in [0.25, 0.3) is 0 Å². The first-order valence-corrected chi connectivity index (χ1v) is 8.34. The number of halogens is 1. The van der Waals surface area contributed by atoms with E-state index in [2.05, 4.69) is 67.3 Å². The molecular formula is C17H28BrN. The summed E-state index contributed by atoms with van der Waals surface area (Å²) >= 11 is 3.59. The molecule has 2 heteroatoms. The van der Waals surface area contributed by atoms with Gasteiger partial charge in [0, 0.05) is 10.5 Å². The van der Waals surface area contributed by atoms with Crippen LogP contribution < -0.4 is 5.32 Å². The molecule has 1 aromatic rings. The molecule has 0 amide bonds. The summed E-state index contributed by atoms with van der Waals surface area (Å²) in [7, 11) is 2.08. The van der Waals surface area contributed by atoms with Gasteiger partial charge in [0.25, 0.3) is 0 Å². The molecule has 0 saturated carbocycles. The van der Waals surface area contributed by atoms with E-state index >= 15 is 0 Å². The fourth-order valence-electron chi connectivity index (χ4n) is 2.70. The van der Waals surface area contributed by atoms with Crippen molar-refractivity contribution in [2.75, 3.05) is 7.05 Å². The molecule has 2 unspecified atom stereocenters. The standard InChI is InChI=1S/C17H28BrN/c1-5-7-8-14(6-2)11-17(19-4)16-12-15(18)10-9-13(16)3/h9-10,12,14,17,19H,5-8,11H2,1-4H3. The third-order valence-electron chi connectivity index (χ3n) is 4.08. The molecule has 0 saturated heterocycles. The summed E-state index contributed by atoms with van der Waals surface area (Å²) < 4.78 is 1.18. The van der Waals surface area contributed by atoms with E-state index < -0.39 is 0 Å². The summed E-state index contributed by atoms with van der Waals surface area (Å²) in [6, 6.07) is 7.07. The fourth-order valence-corrected chi connectivity index (χ4v) is 3.08. The maximum absolute atomic E-state index is 3.59. The van der Waals surface area contributed by atoms with Crippen LogP contribution in [0.1, 0.15) is 63.1 Å². The molecule has 1 N–H and O–H groups in total. The van der Waals surface area contributed by atoms with Gasteiger partial charge in [0.1, 0.15) is 0 Å². The average molecular weight is 326 g/mol. The Morgan fingerprint density at radius 1 is 1.26 bits per heavy atom. The maximum atomic E-state index is 3.59. The van der Waals surface area contributed by atoms with Crippen molar-refractivity contribution in [2.45, 2.75) is 58.9 Å². The first-order chi connectivity index (χ1) is 9.12. The summed E-state index contributed by atoms with van der Waals surface area (Å²) in [6.07, 6.45) is 6.54. The lowest BCUT2D eigenvalue weighted by molar-refractivity contribution is 0.364. The normalized spacial score (nSPS) is 14.4. The van der Waals surface area contributed by atoms with E-state index in [0.29, 0.717) is 6.04 Å². The first kappa shape index (κ1) is 16.7. The van der Waals surface area contributed by atoms with Gasteiger partial charge in [-0.3, -0.25) is 0 Å². The van der Waals surface area contributed by atoms with E-state index in [1.807, 2.05) is 0 Å². The lowest BCUT2D eigenvalue weighted by Gasteiger charge is -2.24. The minimum atomic E-state index is 0.472. The topological polar surface area (TPSA) is 12.0 Å². The van der Waals surface area contributed by atoms with Crippen molar-refractivity contribution in [2.24, 2.45) is 5.92 Å². The van der Waals surface area contributed by atoms with Crippen molar-refractivity contribution in [3.05, 3.63) is 33.8 Å². The van der Waals surface area contributed by atoms with E-state index in [9.17, 15) is 0 Å². The van der Waals surface area contributed by atoms with Crippen molar-refractivity contribution in [1.29, 1.82) is 0 Å². The fraction of sp³-hybridized carbons (Fsp3) is 0.647. The number of unbranched alkanes of at least 4 members (excludes halogenated alkanes) is 1. The van der Waals surface area contributed by atoms with Gasteiger partial charge in [0.05, 0.1) is 0 Å². The van der Waals surface area contributed by atoms with Crippen LogP contribution in [-0.4, -0.2) is 7.05 Å². The molecule has 0 heterocycles. The molecule has 2 atom stereocenters. The largest absolute Gasteiger partial charge is 0.313 e. The van der Waals surface area contributed by atoms with Gasteiger partial charge in [-0.15, -0.1) is 0 Å². The van der Waals surface area contributed by atoms with E-state index in [1.54, 1.807) is 0 Å². The molecule has 1 aromatic carbocycles. The van der Waals surface area contributed by atoms with Crippen LogP contribution in [0.2, 0.25) is 0 Å². The van der Waals surface area contributed by atoms with Gasteiger partial charge < -0.3 is 5.32 Å². The number of benzene rings is 1. The Labute approximate surface area is 127 Å². The Balaban J connectivity index is 2.78. The Hall–Kier alpha value is -0.340. The molecule has 0 radical (unpaired) electrons. The quantitative estimate of drug-likeness (QED) is 0.653. The smallest absolute Gasteiger partial charge is 0.0323 e. The van der Waals surface area contributed by atoms with Crippen LogP contribution >= 0.6 is 15.9 Å². The van der Waals surface area contributed by atoms with Crippen LogP contribution in [0.4, 0.5) is 0 Å². The van der Waals surface area contributed by atoms with E-state index in [4.69, 9.17) is 0 Å². The molecule has 0 bridgehead atoms. The second-order valence-electron chi connectivity index (χ2n) is 5.49. The zero-order valence-corrected chi connectivity index (χ0v) is 14.4. The van der Waals surface area contributed by atoms with Gasteiger partial charge in [-0.1, -0.05) is 61.5 Å². The highest BCUT2D eigenvalue weighted by Crippen LogP contribution is 2.29. The lowest BCUT2D eigenvalue weighted by Crippen LogP contribution is -2.20. The van der Waals surface area contributed by atoms with Crippen LogP contribution in [0.3, 0.4) is 0 Å². The van der Waals surface area contributed by atoms with Gasteiger partial charge in [-0.2, -0.15) is 0 Å². The number of rotatable bonds is 8. The van der Waals surface area contributed by atoms with Gasteiger partial charge in [0.15, 0.2) is 0 Å². The van der Waals surface area contributed by atoms with Crippen LogP contribution in [0, 0.1) is 12.8 Å². The molecule has 0 spiro atoms. The Bertz CT molecular complexity index is 376. The Morgan fingerprint density at radius 3 is 2.58 bits per heavy atom. The second-order valence-corrected chi connectivity index (χ2v) is 6.41. The van der Waals surface area contributed by atoms with Crippen molar-refractivity contribution in [3.8, 4) is 0 Å². The molecule has 0 aliphatic rings. The van der Waals surface area contributed by atoms with E-state index in [1.165, 1.54) is 47.7 Å². The van der Waals surface area contributed by atoms with Crippen LogP contribution in [0.15, 0.2) is 22.7 Å². The predicted molar refractivity (Wildman–Crippen MR) is 88.6 cm³/mol. The van der Waals surface area contributed by atoms with E-state index in [0.717, 1.165) is 5.92 Å². The van der Waals surface area contributed by atoms with Gasteiger partial charge in [0.2, 0.25) is 0 Å². The number of aryl methyl sites for hydroxylation is 1. The number of nitrogens with one attached hydrogen (secondary N) is 1. The number of hydrogen-bond acceptors (Lipinski definition) is 1. The van der Waals surface area contributed by atoms with E-state index in [-0.39, 0.29) is 0 Å². The molecule has 0 fully saturated rings. The summed E-state index contributed by atoms with van der Waals surface area (Å²) in [5, 5.41) is 3.51. The predicted octanol–water partition coefficient (Wildman–Crippen LogP) is 5.62. The average Bonchev–Trinajstić information content (AvgIpc) is 2.42. The minimum absolute atomic E-state index is 0.472. The molecule has 1 nitrogen and oxygen atoms in total. The first-order valence-electron chi connectivity index (χ1n) is 7.55. The van der Waals surface area contributed by atoms with Crippen LogP contribution in [0.5, 0.6) is 0 Å². The van der Waals surface area contributed by atoms with Crippen molar-refractivity contribution < 1.29 is 0 Å². The molecular weight excluding hydrogens is 298 g/mol. The maximum Gasteiger partial charge on any atom is 0.0323 e. The Kier molecular flexibility index (Phi) is 7.70. The Morgan fingerprint density at radius 2 is 2.00 bits per heavy atom. The highest BCUT2D eigenvalue weighted by Gasteiger charge is 2.17. The zero-order chi connectivity index (χ0) is 14.3. The molecule has 0 aliphatic heterocycles. The molecule has 108 valence electrons. The van der Waals surface area contributed by atoms with Gasteiger partial charge in [-0.05, 0) is 49.6 Å². The lowest BCUT2D eigenvalue weighted by atomic mass is 9.88. The highest BCUT2D eigenvalue weighted by atomic mass is 79.9. The van der Waals surface area contributed by atoms with Gasteiger partial charge >= 0.3 is 0 Å². The second kappa shape index (κ2) is 8.76. The van der Waals surface area contributed by atoms with Crippen LogP contribution in [-0.2, 0) is 0 Å². The van der Waals surface area contributed by atoms with Crippen molar-refractivity contribution in [3.63, 3.8) is 0 Å². The summed E-state index contributed by atoms with van der Waals surface area (Å²) in [5.74, 6) is 0.829. The third kappa shape index (κ3) is 5.27. The summed E-state index contributed by atoms with van der Waals surface area (Å²) in [6.45, 7) is 6.81. The van der Waals surface area contributed by atoms with Crippen molar-refractivity contribution in [1.82, 2.24) is 5.32 Å². The molecule has 1 rings (SSSR count).